The predicted molar refractivity (Wildman–Crippen MR) is 70.4 cm³/mol. The molecule has 108 valence electrons. The zero-order chi connectivity index (χ0) is 15.0. The molecule has 0 aromatic carbocycles. The van der Waals surface area contributed by atoms with Gasteiger partial charge in [0.05, 0.1) is 0 Å². The molecule has 0 saturated carbocycles. The number of sulfone groups is 1. The van der Waals surface area contributed by atoms with E-state index < -0.39 is 21.0 Å². The van der Waals surface area contributed by atoms with Gasteiger partial charge in [-0.05, 0) is 6.92 Å². The van der Waals surface area contributed by atoms with E-state index in [2.05, 4.69) is 10.2 Å². The fraction of sp³-hybridized carbons (Fsp3) is 0.727. The van der Waals surface area contributed by atoms with Gasteiger partial charge in [-0.25, -0.2) is 8.42 Å². The van der Waals surface area contributed by atoms with Gasteiger partial charge in [-0.2, -0.15) is 0 Å². The molecule has 7 nitrogen and oxygen atoms in total. The second-order valence-electron chi connectivity index (χ2n) is 4.97. The second kappa shape index (κ2) is 5.28. The first-order valence-electron chi connectivity index (χ1n) is 5.95. The maximum atomic E-state index is 12.4. The van der Waals surface area contributed by atoms with Gasteiger partial charge in [0, 0.05) is 27.1 Å². The SMILES string of the molecule is CC(C)c1nnc(S(=O)(=O)C(C)C(=O)N(C)C)n1C. The summed E-state index contributed by atoms with van der Waals surface area (Å²) in [5.74, 6) is 0.151. The zero-order valence-electron chi connectivity index (χ0n) is 12.1. The summed E-state index contributed by atoms with van der Waals surface area (Å²) in [7, 11) is 0.801. The summed E-state index contributed by atoms with van der Waals surface area (Å²) in [5.41, 5.74) is 0. The molecule has 1 aromatic heterocycles. The van der Waals surface area contributed by atoms with Crippen LogP contribution in [0.1, 0.15) is 32.5 Å². The Hall–Kier alpha value is -1.44. The molecule has 19 heavy (non-hydrogen) atoms. The summed E-state index contributed by atoms with van der Waals surface area (Å²) in [6.45, 7) is 5.16. The fourth-order valence-electron chi connectivity index (χ4n) is 1.73. The Labute approximate surface area is 113 Å². The van der Waals surface area contributed by atoms with Crippen molar-refractivity contribution in [3.8, 4) is 0 Å². The van der Waals surface area contributed by atoms with Crippen molar-refractivity contribution in [2.75, 3.05) is 14.1 Å². The van der Waals surface area contributed by atoms with Gasteiger partial charge in [-0.1, -0.05) is 13.8 Å². The van der Waals surface area contributed by atoms with Gasteiger partial charge in [-0.15, -0.1) is 10.2 Å². The number of hydrogen-bond acceptors (Lipinski definition) is 5. The summed E-state index contributed by atoms with van der Waals surface area (Å²) in [6.07, 6.45) is 0. The van der Waals surface area contributed by atoms with E-state index in [1.165, 1.54) is 30.5 Å². The van der Waals surface area contributed by atoms with Crippen LogP contribution in [-0.2, 0) is 21.7 Å². The number of aromatic nitrogens is 3. The molecular formula is C11H20N4O3S. The normalized spacial score (nSPS) is 13.6. The van der Waals surface area contributed by atoms with Crippen LogP contribution in [0.25, 0.3) is 0 Å². The van der Waals surface area contributed by atoms with Gasteiger partial charge >= 0.3 is 0 Å². The Morgan fingerprint density at radius 1 is 1.21 bits per heavy atom. The van der Waals surface area contributed by atoms with E-state index in [0.29, 0.717) is 5.82 Å². The first-order chi connectivity index (χ1) is 8.60. The Bertz CT molecular complexity index is 575. The predicted octanol–water partition coefficient (Wildman–Crippen LogP) is 0.189. The van der Waals surface area contributed by atoms with E-state index in [9.17, 15) is 13.2 Å². The first-order valence-corrected chi connectivity index (χ1v) is 7.49. The molecule has 0 bridgehead atoms. The first kappa shape index (κ1) is 15.6. The van der Waals surface area contributed by atoms with Crippen LogP contribution in [-0.4, -0.2) is 53.3 Å². The van der Waals surface area contributed by atoms with Crippen LogP contribution in [0.3, 0.4) is 0 Å². The molecule has 0 aliphatic rings. The molecule has 1 amide bonds. The van der Waals surface area contributed by atoms with Crippen LogP contribution < -0.4 is 0 Å². The lowest BCUT2D eigenvalue weighted by molar-refractivity contribution is -0.127. The molecule has 0 aliphatic carbocycles. The van der Waals surface area contributed by atoms with Gasteiger partial charge < -0.3 is 9.47 Å². The second-order valence-corrected chi connectivity index (χ2v) is 7.14. The highest BCUT2D eigenvalue weighted by molar-refractivity contribution is 7.92. The molecule has 0 spiro atoms. The van der Waals surface area contributed by atoms with Crippen molar-refractivity contribution in [2.24, 2.45) is 7.05 Å². The summed E-state index contributed by atoms with van der Waals surface area (Å²) in [5, 5.41) is 6.26. The lowest BCUT2D eigenvalue weighted by Gasteiger charge is -2.16. The zero-order valence-corrected chi connectivity index (χ0v) is 12.9. The Morgan fingerprint density at radius 2 is 1.74 bits per heavy atom. The number of hydrogen-bond donors (Lipinski definition) is 0. The smallest absolute Gasteiger partial charge is 0.250 e. The molecule has 0 saturated heterocycles. The van der Waals surface area contributed by atoms with Crippen LogP contribution in [0.15, 0.2) is 5.16 Å². The van der Waals surface area contributed by atoms with Gasteiger partial charge in [-0.3, -0.25) is 4.79 Å². The summed E-state index contributed by atoms with van der Waals surface area (Å²) < 4.78 is 26.2. The molecule has 8 heteroatoms. The van der Waals surface area contributed by atoms with Gasteiger partial charge in [0.15, 0.2) is 0 Å². The Kier molecular flexibility index (Phi) is 4.34. The van der Waals surface area contributed by atoms with E-state index in [1.54, 1.807) is 7.05 Å². The summed E-state index contributed by atoms with van der Waals surface area (Å²) in [6, 6.07) is 0. The molecule has 1 unspecified atom stereocenters. The lowest BCUT2D eigenvalue weighted by atomic mass is 10.2. The molecular weight excluding hydrogens is 268 g/mol. The highest BCUT2D eigenvalue weighted by Gasteiger charge is 2.35. The van der Waals surface area contributed by atoms with Crippen molar-refractivity contribution in [2.45, 2.75) is 37.1 Å². The lowest BCUT2D eigenvalue weighted by Crippen LogP contribution is -2.38. The maximum absolute atomic E-state index is 12.4. The monoisotopic (exact) mass is 288 g/mol. The van der Waals surface area contributed by atoms with Crippen LogP contribution in [0, 0.1) is 0 Å². The minimum atomic E-state index is -3.83. The minimum Gasteiger partial charge on any atom is -0.348 e. The van der Waals surface area contributed by atoms with Crippen molar-refractivity contribution < 1.29 is 13.2 Å². The maximum Gasteiger partial charge on any atom is 0.250 e. The van der Waals surface area contributed by atoms with Crippen molar-refractivity contribution in [1.82, 2.24) is 19.7 Å². The van der Waals surface area contributed by atoms with Crippen molar-refractivity contribution in [3.63, 3.8) is 0 Å². The third kappa shape index (κ3) is 2.78. The largest absolute Gasteiger partial charge is 0.348 e. The van der Waals surface area contributed by atoms with Crippen LogP contribution >= 0.6 is 0 Å². The molecule has 1 rings (SSSR count). The van der Waals surface area contributed by atoms with E-state index in [1.807, 2.05) is 13.8 Å². The fourth-order valence-corrected chi connectivity index (χ4v) is 3.15. The average Bonchev–Trinajstić information content (AvgIpc) is 2.69. The third-order valence-electron chi connectivity index (χ3n) is 2.89. The number of carbonyl (C=O) groups is 1. The summed E-state index contributed by atoms with van der Waals surface area (Å²) >= 11 is 0. The highest BCUT2D eigenvalue weighted by Crippen LogP contribution is 2.19. The molecule has 0 aliphatic heterocycles. The van der Waals surface area contributed by atoms with E-state index in [-0.39, 0.29) is 11.1 Å². The molecule has 0 fully saturated rings. The van der Waals surface area contributed by atoms with Crippen LogP contribution in [0.4, 0.5) is 0 Å². The molecule has 1 atom stereocenters. The average molecular weight is 288 g/mol. The highest BCUT2D eigenvalue weighted by atomic mass is 32.2. The van der Waals surface area contributed by atoms with E-state index in [4.69, 9.17) is 0 Å². The Balaban J connectivity index is 3.25. The molecule has 0 radical (unpaired) electrons. The van der Waals surface area contributed by atoms with Crippen molar-refractivity contribution >= 4 is 15.7 Å². The van der Waals surface area contributed by atoms with Crippen molar-refractivity contribution in [1.29, 1.82) is 0 Å². The number of amides is 1. The quantitative estimate of drug-likeness (QED) is 0.789. The van der Waals surface area contributed by atoms with Crippen LogP contribution in [0.5, 0.6) is 0 Å². The minimum absolute atomic E-state index is 0.0568. The third-order valence-corrected chi connectivity index (χ3v) is 4.89. The molecule has 1 aromatic rings. The number of rotatable bonds is 4. The van der Waals surface area contributed by atoms with Crippen molar-refractivity contribution in [3.05, 3.63) is 5.82 Å². The summed E-state index contributed by atoms with van der Waals surface area (Å²) in [4.78, 5) is 13.1. The molecule has 0 N–H and O–H groups in total. The van der Waals surface area contributed by atoms with E-state index >= 15 is 0 Å². The van der Waals surface area contributed by atoms with Gasteiger partial charge in [0.25, 0.3) is 0 Å². The number of carbonyl (C=O) groups excluding carboxylic acids is 1. The topological polar surface area (TPSA) is 85.2 Å². The molecule has 1 heterocycles. The van der Waals surface area contributed by atoms with Gasteiger partial charge in [0.1, 0.15) is 11.1 Å². The van der Waals surface area contributed by atoms with Gasteiger partial charge in [0.2, 0.25) is 20.9 Å². The Morgan fingerprint density at radius 3 is 2.11 bits per heavy atom. The number of nitrogens with zero attached hydrogens (tertiary/aromatic N) is 4. The standard InChI is InChI=1S/C11H20N4O3S/c1-7(2)9-12-13-11(15(9)6)19(17,18)8(3)10(16)14(4)5/h7-8H,1-6H3. The van der Waals surface area contributed by atoms with E-state index in [0.717, 1.165) is 0 Å². The van der Waals surface area contributed by atoms with Crippen LogP contribution in [0.2, 0.25) is 0 Å².